The van der Waals surface area contributed by atoms with Crippen molar-refractivity contribution in [2.45, 2.75) is 19.2 Å². The number of thiophene rings is 1. The van der Waals surface area contributed by atoms with Crippen LogP contribution in [0.1, 0.15) is 16.5 Å². The number of ether oxygens (including phenoxy) is 4. The molecule has 0 spiro atoms. The first-order valence-corrected chi connectivity index (χ1v) is 10.3. The Morgan fingerprint density at radius 1 is 1.17 bits per heavy atom. The van der Waals surface area contributed by atoms with Crippen LogP contribution in [0.5, 0.6) is 17.2 Å². The van der Waals surface area contributed by atoms with Gasteiger partial charge in [-0.25, -0.2) is 0 Å². The number of alkyl halides is 2. The van der Waals surface area contributed by atoms with Crippen molar-refractivity contribution in [3.05, 3.63) is 40.1 Å². The van der Waals surface area contributed by atoms with E-state index < -0.39 is 6.61 Å². The molecule has 1 N–H and O–H groups in total. The summed E-state index contributed by atoms with van der Waals surface area (Å²) < 4.78 is 45.9. The molecule has 1 saturated heterocycles. The van der Waals surface area contributed by atoms with Gasteiger partial charge in [-0.1, -0.05) is 6.07 Å². The molecule has 0 amide bonds. The molecule has 1 atom stereocenters. The van der Waals surface area contributed by atoms with Crippen LogP contribution in [0.2, 0.25) is 0 Å². The number of benzene rings is 1. The Kier molecular flexibility index (Phi) is 10.1. The predicted octanol–water partition coefficient (Wildman–Crippen LogP) is 3.95. The van der Waals surface area contributed by atoms with Crippen molar-refractivity contribution in [2.75, 3.05) is 47.1 Å². The molecule has 3 rings (SSSR count). The van der Waals surface area contributed by atoms with E-state index in [-0.39, 0.29) is 35.7 Å². The van der Waals surface area contributed by atoms with Crippen LogP contribution >= 0.6 is 23.7 Å². The van der Waals surface area contributed by atoms with E-state index >= 15 is 0 Å². The first-order valence-electron chi connectivity index (χ1n) is 9.38. The molecule has 2 aromatic rings. The maximum atomic E-state index is 12.7. The van der Waals surface area contributed by atoms with Crippen molar-refractivity contribution in [3.63, 3.8) is 0 Å². The second kappa shape index (κ2) is 12.3. The lowest BCUT2D eigenvalue weighted by atomic mass is 10.1. The van der Waals surface area contributed by atoms with E-state index in [0.717, 1.165) is 38.4 Å². The SMILES string of the molecule is COc1cc(CNCC(c2cccs2)N2CCOCC2)cc(OC)c1OC(F)F.Cl. The molecule has 1 aromatic heterocycles. The zero-order valence-corrected chi connectivity index (χ0v) is 18.6. The lowest BCUT2D eigenvalue weighted by Crippen LogP contribution is -2.42. The Labute approximate surface area is 185 Å². The molecule has 1 unspecified atom stereocenters. The number of morpholine rings is 1. The Bertz CT molecular complexity index is 736. The van der Waals surface area contributed by atoms with E-state index in [1.165, 1.54) is 19.1 Å². The maximum Gasteiger partial charge on any atom is 0.387 e. The van der Waals surface area contributed by atoms with Gasteiger partial charge in [0.25, 0.3) is 0 Å². The number of halogens is 3. The highest BCUT2D eigenvalue weighted by Crippen LogP contribution is 2.39. The minimum absolute atomic E-state index is 0. The summed E-state index contributed by atoms with van der Waals surface area (Å²) in [6.07, 6.45) is 0. The summed E-state index contributed by atoms with van der Waals surface area (Å²) in [6, 6.07) is 7.83. The zero-order chi connectivity index (χ0) is 20.6. The molecule has 0 aliphatic carbocycles. The van der Waals surface area contributed by atoms with Crippen LogP contribution in [0.4, 0.5) is 8.78 Å². The van der Waals surface area contributed by atoms with E-state index in [4.69, 9.17) is 14.2 Å². The van der Waals surface area contributed by atoms with Gasteiger partial charge in [-0.3, -0.25) is 4.90 Å². The van der Waals surface area contributed by atoms with Crippen molar-refractivity contribution in [3.8, 4) is 17.2 Å². The molecule has 0 saturated carbocycles. The van der Waals surface area contributed by atoms with Gasteiger partial charge in [-0.15, -0.1) is 23.7 Å². The van der Waals surface area contributed by atoms with Crippen LogP contribution in [-0.2, 0) is 11.3 Å². The number of nitrogens with zero attached hydrogens (tertiary/aromatic N) is 1. The lowest BCUT2D eigenvalue weighted by Gasteiger charge is -2.34. The summed E-state index contributed by atoms with van der Waals surface area (Å²) in [4.78, 5) is 3.72. The first-order chi connectivity index (χ1) is 14.1. The number of hydrogen-bond donors (Lipinski definition) is 1. The molecule has 1 aliphatic heterocycles. The number of nitrogens with one attached hydrogen (secondary N) is 1. The zero-order valence-electron chi connectivity index (χ0n) is 16.9. The van der Waals surface area contributed by atoms with Crippen LogP contribution in [0.15, 0.2) is 29.6 Å². The second-order valence-corrected chi connectivity index (χ2v) is 7.50. The molecule has 1 aromatic carbocycles. The molecule has 30 heavy (non-hydrogen) atoms. The number of rotatable bonds is 10. The average molecular weight is 465 g/mol. The average Bonchev–Trinajstić information content (AvgIpc) is 3.26. The fourth-order valence-corrected chi connectivity index (χ4v) is 4.24. The third kappa shape index (κ3) is 6.42. The normalized spacial score (nSPS) is 15.5. The minimum Gasteiger partial charge on any atom is -0.493 e. The fourth-order valence-electron chi connectivity index (χ4n) is 3.37. The summed E-state index contributed by atoms with van der Waals surface area (Å²) in [7, 11) is 2.82. The lowest BCUT2D eigenvalue weighted by molar-refractivity contribution is -0.0526. The maximum absolute atomic E-state index is 12.7. The largest absolute Gasteiger partial charge is 0.493 e. The van der Waals surface area contributed by atoms with Gasteiger partial charge in [0, 0.05) is 31.1 Å². The molecular formula is C20H27ClF2N2O4S. The van der Waals surface area contributed by atoms with Gasteiger partial charge < -0.3 is 24.3 Å². The predicted molar refractivity (Wildman–Crippen MR) is 115 cm³/mol. The van der Waals surface area contributed by atoms with Crippen molar-refractivity contribution in [1.82, 2.24) is 10.2 Å². The molecule has 0 radical (unpaired) electrons. The van der Waals surface area contributed by atoms with Gasteiger partial charge in [0.2, 0.25) is 5.75 Å². The van der Waals surface area contributed by atoms with E-state index in [2.05, 4.69) is 32.5 Å². The third-order valence-corrected chi connectivity index (χ3v) is 5.73. The van der Waals surface area contributed by atoms with Crippen molar-refractivity contribution < 1.29 is 27.7 Å². The summed E-state index contributed by atoms with van der Waals surface area (Å²) in [5.41, 5.74) is 0.854. The number of hydrogen-bond acceptors (Lipinski definition) is 7. The summed E-state index contributed by atoms with van der Waals surface area (Å²) in [5, 5.41) is 5.56. The van der Waals surface area contributed by atoms with E-state index in [1.807, 2.05) is 0 Å². The van der Waals surface area contributed by atoms with Crippen LogP contribution in [0.25, 0.3) is 0 Å². The summed E-state index contributed by atoms with van der Waals surface area (Å²) >= 11 is 1.74. The standard InChI is InChI=1S/C20H26F2N2O4S.ClH/c1-25-16-10-14(11-17(26-2)19(16)28-20(21)22)12-23-13-15(18-4-3-9-29-18)24-5-7-27-8-6-24;/h3-4,9-11,15,20,23H,5-8,12-13H2,1-2H3;1H. The van der Waals surface area contributed by atoms with E-state index in [9.17, 15) is 8.78 Å². The quantitative estimate of drug-likeness (QED) is 0.574. The highest BCUT2D eigenvalue weighted by atomic mass is 35.5. The Balaban J connectivity index is 0.00000320. The third-order valence-electron chi connectivity index (χ3n) is 4.75. The minimum atomic E-state index is -2.96. The monoisotopic (exact) mass is 464 g/mol. The van der Waals surface area contributed by atoms with Crippen molar-refractivity contribution >= 4 is 23.7 Å². The molecule has 0 bridgehead atoms. The smallest absolute Gasteiger partial charge is 0.387 e. The summed E-state index contributed by atoms with van der Waals surface area (Å²) in [5.74, 6) is 0.326. The van der Waals surface area contributed by atoms with Gasteiger partial charge in [0.1, 0.15) is 0 Å². The van der Waals surface area contributed by atoms with Crippen LogP contribution < -0.4 is 19.5 Å². The Hall–Kier alpha value is -1.65. The van der Waals surface area contributed by atoms with Crippen LogP contribution in [-0.4, -0.2) is 58.6 Å². The molecule has 6 nitrogen and oxygen atoms in total. The molecule has 1 fully saturated rings. The van der Waals surface area contributed by atoms with Gasteiger partial charge >= 0.3 is 6.61 Å². The van der Waals surface area contributed by atoms with Gasteiger partial charge in [-0.2, -0.15) is 8.78 Å². The summed E-state index contributed by atoms with van der Waals surface area (Å²) in [6.45, 7) is 1.59. The molecule has 10 heteroatoms. The topological polar surface area (TPSA) is 52.2 Å². The van der Waals surface area contributed by atoms with Crippen LogP contribution in [0, 0.1) is 0 Å². The van der Waals surface area contributed by atoms with Crippen LogP contribution in [0.3, 0.4) is 0 Å². The van der Waals surface area contributed by atoms with E-state index in [1.54, 1.807) is 23.5 Å². The molecule has 2 heterocycles. The Morgan fingerprint density at radius 3 is 2.37 bits per heavy atom. The number of methoxy groups -OCH3 is 2. The highest BCUT2D eigenvalue weighted by Gasteiger charge is 2.23. The van der Waals surface area contributed by atoms with Gasteiger partial charge in [-0.05, 0) is 29.1 Å². The fraction of sp³-hybridized carbons (Fsp3) is 0.500. The van der Waals surface area contributed by atoms with E-state index in [0.29, 0.717) is 6.54 Å². The Morgan fingerprint density at radius 2 is 1.83 bits per heavy atom. The molecule has 168 valence electrons. The second-order valence-electron chi connectivity index (χ2n) is 6.52. The van der Waals surface area contributed by atoms with Crippen molar-refractivity contribution in [2.24, 2.45) is 0 Å². The molecule has 1 aliphatic rings. The first kappa shape index (κ1) is 24.6. The highest BCUT2D eigenvalue weighted by molar-refractivity contribution is 7.10. The van der Waals surface area contributed by atoms with Crippen molar-refractivity contribution in [1.29, 1.82) is 0 Å². The van der Waals surface area contributed by atoms with Gasteiger partial charge in [0.15, 0.2) is 11.5 Å². The van der Waals surface area contributed by atoms with Gasteiger partial charge in [0.05, 0.1) is 33.5 Å². The molecular weight excluding hydrogens is 438 g/mol.